The van der Waals surface area contributed by atoms with E-state index in [-0.39, 0.29) is 17.3 Å². The van der Waals surface area contributed by atoms with Gasteiger partial charge in [0.05, 0.1) is 22.3 Å². The highest BCUT2D eigenvalue weighted by Gasteiger charge is 2.38. The molecule has 0 aliphatic heterocycles. The number of benzene rings is 7. The zero-order chi connectivity index (χ0) is 41.8. The number of rotatable bonds is 5. The smallest absolute Gasteiger partial charge is 0.166 e. The first-order chi connectivity index (χ1) is 31.0. The average Bonchev–Trinajstić information content (AvgIpc) is 4.01. The maximum absolute atomic E-state index is 6.93. The molecule has 5 nitrogen and oxygen atoms in total. The van der Waals surface area contributed by atoms with E-state index in [4.69, 9.17) is 19.4 Å². The Morgan fingerprint density at radius 3 is 2.16 bits per heavy atom. The molecule has 0 spiro atoms. The van der Waals surface area contributed by atoms with Gasteiger partial charge in [-0.1, -0.05) is 172 Å². The monoisotopic (exact) mass is 808 g/mol. The highest BCUT2D eigenvalue weighted by atomic mass is 16.3. The maximum Gasteiger partial charge on any atom is 0.166 e. The number of hydrogen-bond acceptors (Lipinski definition) is 4. The molecule has 0 radical (unpaired) electrons. The molecule has 3 unspecified atom stereocenters. The van der Waals surface area contributed by atoms with E-state index in [0.717, 1.165) is 77.4 Å². The molecule has 3 aliphatic rings. The molecule has 5 heteroatoms. The highest BCUT2D eigenvalue weighted by molar-refractivity contribution is 6.19. The van der Waals surface area contributed by atoms with Gasteiger partial charge < -0.3 is 8.98 Å². The van der Waals surface area contributed by atoms with Crippen molar-refractivity contribution in [3.63, 3.8) is 0 Å². The predicted molar refractivity (Wildman–Crippen MR) is 260 cm³/mol. The van der Waals surface area contributed by atoms with Gasteiger partial charge in [-0.3, -0.25) is 0 Å². The summed E-state index contributed by atoms with van der Waals surface area (Å²) in [6.45, 7) is 4.59. The summed E-state index contributed by atoms with van der Waals surface area (Å²) in [5.74, 6) is 2.30. The summed E-state index contributed by atoms with van der Waals surface area (Å²) in [6, 6.07) is 49.6. The summed E-state index contributed by atoms with van der Waals surface area (Å²) in [7, 11) is 0. The van der Waals surface area contributed by atoms with E-state index in [1.54, 1.807) is 0 Å². The van der Waals surface area contributed by atoms with Gasteiger partial charge in [-0.05, 0) is 69.3 Å². The van der Waals surface area contributed by atoms with Crippen LogP contribution in [0.2, 0.25) is 0 Å². The Bertz CT molecular complexity index is 3710. The van der Waals surface area contributed by atoms with Crippen molar-refractivity contribution in [1.82, 2.24) is 19.5 Å². The normalized spacial score (nSPS) is 18.9. The van der Waals surface area contributed by atoms with Crippen molar-refractivity contribution in [1.29, 1.82) is 0 Å². The van der Waals surface area contributed by atoms with E-state index in [0.29, 0.717) is 17.5 Å². The van der Waals surface area contributed by atoms with Gasteiger partial charge in [0, 0.05) is 50.1 Å². The molecule has 0 fully saturated rings. The SMILES string of the molecule is CC1C=Cc2c1c1cc3ccccc3cc1n2-c1c(-c2nc(C3=CC=CC4C=CC=CC34C)nc(-c3ccc(-c4ccccc4)cc3)n2)ccc2oc3c4ccccc4ccc3c12. The summed E-state index contributed by atoms with van der Waals surface area (Å²) in [6.07, 6.45) is 20.1. The van der Waals surface area contributed by atoms with Crippen LogP contribution in [0.25, 0.3) is 106 Å². The fourth-order valence-electron chi connectivity index (χ4n) is 10.5. The van der Waals surface area contributed by atoms with Crippen LogP contribution in [0.5, 0.6) is 0 Å². The minimum absolute atomic E-state index is 0.174. The molecule has 3 atom stereocenters. The van der Waals surface area contributed by atoms with E-state index < -0.39 is 0 Å². The number of hydrogen-bond donors (Lipinski definition) is 0. The zero-order valence-electron chi connectivity index (χ0n) is 34.8. The van der Waals surface area contributed by atoms with Crippen molar-refractivity contribution in [3.8, 4) is 39.6 Å². The molecule has 298 valence electrons. The third-order valence-electron chi connectivity index (χ3n) is 13.7. The lowest BCUT2D eigenvalue weighted by Crippen LogP contribution is -2.28. The molecule has 63 heavy (non-hydrogen) atoms. The van der Waals surface area contributed by atoms with E-state index in [1.807, 2.05) is 6.07 Å². The molecule has 0 bridgehead atoms. The summed E-state index contributed by atoms with van der Waals surface area (Å²) in [4.78, 5) is 16.4. The van der Waals surface area contributed by atoms with E-state index in [9.17, 15) is 0 Å². The van der Waals surface area contributed by atoms with Gasteiger partial charge >= 0.3 is 0 Å². The Morgan fingerprint density at radius 2 is 1.30 bits per heavy atom. The van der Waals surface area contributed by atoms with Crippen LogP contribution in [0.15, 0.2) is 193 Å². The lowest BCUT2D eigenvalue weighted by Gasteiger charge is -2.37. The molecule has 13 rings (SSSR count). The van der Waals surface area contributed by atoms with Crippen molar-refractivity contribution in [2.75, 3.05) is 0 Å². The molecule has 3 heterocycles. The Labute approximate surface area is 364 Å². The fourth-order valence-corrected chi connectivity index (χ4v) is 10.5. The maximum atomic E-state index is 6.93. The molecule has 0 saturated carbocycles. The van der Waals surface area contributed by atoms with Crippen LogP contribution < -0.4 is 0 Å². The molecule has 0 amide bonds. The molecular formula is C58H40N4O. The van der Waals surface area contributed by atoms with E-state index in [2.05, 4.69) is 207 Å². The van der Waals surface area contributed by atoms with Gasteiger partial charge in [0.1, 0.15) is 11.2 Å². The van der Waals surface area contributed by atoms with Gasteiger partial charge in [0.2, 0.25) is 0 Å². The van der Waals surface area contributed by atoms with Crippen molar-refractivity contribution >= 4 is 66.0 Å². The van der Waals surface area contributed by atoms with Crippen LogP contribution >= 0.6 is 0 Å². The molecule has 3 aliphatic carbocycles. The Hall–Kier alpha value is -7.89. The lowest BCUT2D eigenvalue weighted by molar-refractivity contribution is 0.468. The highest BCUT2D eigenvalue weighted by Crippen LogP contribution is 2.50. The first kappa shape index (κ1) is 35.8. The van der Waals surface area contributed by atoms with Crippen LogP contribution in [-0.2, 0) is 0 Å². The number of furan rings is 1. The summed E-state index contributed by atoms with van der Waals surface area (Å²) < 4.78 is 9.40. The van der Waals surface area contributed by atoms with E-state index in [1.165, 1.54) is 21.7 Å². The topological polar surface area (TPSA) is 56.7 Å². The van der Waals surface area contributed by atoms with Crippen molar-refractivity contribution < 1.29 is 4.42 Å². The minimum atomic E-state index is -0.343. The standard InChI is InChI=1S/C58H40N4O/c1-35-22-30-48-51(35)46-33-40-16-6-7-17-41(40)34-49(46)62(48)53-45(29-31-50-52(53)44-28-27-38-15-8-9-20-43(38)54(44)63-50)56-59-55(39-25-23-37(24-26-39)36-13-4-3-5-14-36)60-57(61-56)47-21-12-19-42-18-10-11-32-58(42,47)2/h3-35,42H,1-2H3. The number of aromatic nitrogens is 4. The Morgan fingerprint density at radius 1 is 0.587 bits per heavy atom. The molecule has 3 aromatic heterocycles. The lowest BCUT2D eigenvalue weighted by atomic mass is 9.66. The predicted octanol–water partition coefficient (Wildman–Crippen LogP) is 14.9. The molecule has 0 N–H and O–H groups in total. The molecular weight excluding hydrogens is 769 g/mol. The fraction of sp³-hybridized carbons (Fsp3) is 0.0862. The van der Waals surface area contributed by atoms with Gasteiger partial charge in [-0.25, -0.2) is 15.0 Å². The Balaban J connectivity index is 1.14. The van der Waals surface area contributed by atoms with Crippen LogP contribution in [0.3, 0.4) is 0 Å². The third-order valence-corrected chi connectivity index (χ3v) is 13.7. The third kappa shape index (κ3) is 5.39. The first-order valence-corrected chi connectivity index (χ1v) is 21.8. The first-order valence-electron chi connectivity index (χ1n) is 21.8. The van der Waals surface area contributed by atoms with Crippen molar-refractivity contribution in [3.05, 3.63) is 205 Å². The minimum Gasteiger partial charge on any atom is -0.455 e. The largest absolute Gasteiger partial charge is 0.455 e. The van der Waals surface area contributed by atoms with Gasteiger partial charge in [-0.2, -0.15) is 0 Å². The average molecular weight is 809 g/mol. The summed E-state index contributed by atoms with van der Waals surface area (Å²) in [5.41, 5.74) is 11.1. The summed E-state index contributed by atoms with van der Waals surface area (Å²) in [5, 5.41) is 7.95. The van der Waals surface area contributed by atoms with Gasteiger partial charge in [0.25, 0.3) is 0 Å². The van der Waals surface area contributed by atoms with Crippen LogP contribution in [0.1, 0.15) is 36.8 Å². The second-order valence-electron chi connectivity index (χ2n) is 17.4. The molecule has 0 saturated heterocycles. The molecule has 7 aromatic carbocycles. The van der Waals surface area contributed by atoms with Crippen molar-refractivity contribution in [2.24, 2.45) is 11.3 Å². The number of fused-ring (bicyclic) bond motifs is 10. The van der Waals surface area contributed by atoms with Crippen LogP contribution in [0, 0.1) is 11.3 Å². The number of allylic oxidation sites excluding steroid dienone is 9. The number of nitrogens with zero attached hydrogens (tertiary/aromatic N) is 4. The second-order valence-corrected chi connectivity index (χ2v) is 17.4. The zero-order valence-corrected chi connectivity index (χ0v) is 34.8. The van der Waals surface area contributed by atoms with Crippen LogP contribution in [-0.4, -0.2) is 19.5 Å². The molecule has 10 aromatic rings. The summed E-state index contributed by atoms with van der Waals surface area (Å²) >= 11 is 0. The van der Waals surface area contributed by atoms with Gasteiger partial charge in [0.15, 0.2) is 17.5 Å². The van der Waals surface area contributed by atoms with Crippen molar-refractivity contribution in [2.45, 2.75) is 19.8 Å². The van der Waals surface area contributed by atoms with Gasteiger partial charge in [-0.15, -0.1) is 0 Å². The van der Waals surface area contributed by atoms with Crippen LogP contribution in [0.4, 0.5) is 0 Å². The van der Waals surface area contributed by atoms with E-state index >= 15 is 0 Å². The quantitative estimate of drug-likeness (QED) is 0.174. The Kier molecular flexibility index (Phi) is 7.71. The second kappa shape index (κ2) is 13.6.